The zero-order valence-corrected chi connectivity index (χ0v) is 15.0. The van der Waals surface area contributed by atoms with E-state index in [2.05, 4.69) is 33.5 Å². The van der Waals surface area contributed by atoms with Crippen LogP contribution >= 0.6 is 11.3 Å². The van der Waals surface area contributed by atoms with Crippen LogP contribution in [-0.2, 0) is 0 Å². The number of aromatic nitrogens is 1. The van der Waals surface area contributed by atoms with Crippen molar-refractivity contribution in [2.45, 2.75) is 39.2 Å². The third-order valence-electron chi connectivity index (χ3n) is 4.36. The number of hydrogen-bond donors (Lipinski definition) is 2. The molecule has 6 heteroatoms. The topological polar surface area (TPSA) is 57.3 Å². The Morgan fingerprint density at radius 1 is 1.38 bits per heavy atom. The van der Waals surface area contributed by atoms with Gasteiger partial charge in [0.15, 0.2) is 0 Å². The summed E-state index contributed by atoms with van der Waals surface area (Å²) in [5, 5.41) is 8.80. The number of nitrogens with one attached hydrogen (secondary N) is 2. The summed E-state index contributed by atoms with van der Waals surface area (Å²) in [5.41, 5.74) is 3.29. The summed E-state index contributed by atoms with van der Waals surface area (Å²) in [6, 6.07) is 5.89. The molecule has 0 unspecified atom stereocenters. The van der Waals surface area contributed by atoms with Crippen LogP contribution in [0.3, 0.4) is 0 Å². The van der Waals surface area contributed by atoms with E-state index < -0.39 is 0 Å². The van der Waals surface area contributed by atoms with Gasteiger partial charge < -0.3 is 15.5 Å². The Morgan fingerprint density at radius 3 is 2.79 bits per heavy atom. The number of anilines is 2. The van der Waals surface area contributed by atoms with Gasteiger partial charge in [-0.3, -0.25) is 0 Å². The number of thiazole rings is 1. The molecule has 0 aliphatic carbocycles. The molecule has 0 radical (unpaired) electrons. The Labute approximate surface area is 147 Å². The van der Waals surface area contributed by atoms with E-state index in [0.717, 1.165) is 30.2 Å². The molecule has 1 atom stereocenters. The molecule has 1 aromatic carbocycles. The van der Waals surface area contributed by atoms with Crippen molar-refractivity contribution in [3.8, 4) is 0 Å². The molecule has 2 amide bonds. The van der Waals surface area contributed by atoms with E-state index in [1.54, 1.807) is 17.5 Å². The Balaban J connectivity index is 1.62. The largest absolute Gasteiger partial charge is 0.371 e. The second-order valence-corrected chi connectivity index (χ2v) is 7.05. The fourth-order valence-electron chi connectivity index (χ4n) is 3.12. The van der Waals surface area contributed by atoms with Crippen LogP contribution in [0.25, 0.3) is 0 Å². The highest BCUT2D eigenvalue weighted by Gasteiger charge is 2.17. The van der Waals surface area contributed by atoms with E-state index in [4.69, 9.17) is 0 Å². The summed E-state index contributed by atoms with van der Waals surface area (Å²) >= 11 is 1.56. The molecule has 1 fully saturated rings. The van der Waals surface area contributed by atoms with Crippen molar-refractivity contribution in [3.05, 3.63) is 40.3 Å². The molecule has 2 heterocycles. The number of benzene rings is 1. The summed E-state index contributed by atoms with van der Waals surface area (Å²) in [5.74, 6) is 0. The standard InChI is InChI=1S/C18H24N4OS/c1-3-15(17-19-8-11-24-17)21-18(23)20-14-6-7-16(13(2)12-14)22-9-4-5-10-22/h6-8,11-12,15H,3-5,9-10H2,1-2H3,(H2,20,21,23)/t15-/m1/s1. The van der Waals surface area contributed by atoms with E-state index >= 15 is 0 Å². The molecule has 0 saturated carbocycles. The number of nitrogens with zero attached hydrogens (tertiary/aromatic N) is 2. The van der Waals surface area contributed by atoms with E-state index in [9.17, 15) is 4.79 Å². The van der Waals surface area contributed by atoms with Crippen LogP contribution in [-0.4, -0.2) is 24.1 Å². The van der Waals surface area contributed by atoms with Crippen molar-refractivity contribution in [3.63, 3.8) is 0 Å². The normalized spacial score (nSPS) is 15.3. The monoisotopic (exact) mass is 344 g/mol. The first-order valence-electron chi connectivity index (χ1n) is 8.50. The lowest BCUT2D eigenvalue weighted by molar-refractivity contribution is 0.248. The van der Waals surface area contributed by atoms with E-state index in [-0.39, 0.29) is 12.1 Å². The van der Waals surface area contributed by atoms with Crippen molar-refractivity contribution in [1.29, 1.82) is 0 Å². The maximum Gasteiger partial charge on any atom is 0.319 e. The van der Waals surface area contributed by atoms with Gasteiger partial charge in [-0.25, -0.2) is 9.78 Å². The third kappa shape index (κ3) is 3.87. The van der Waals surface area contributed by atoms with Crippen molar-refractivity contribution in [1.82, 2.24) is 10.3 Å². The van der Waals surface area contributed by atoms with E-state index in [0.29, 0.717) is 0 Å². The van der Waals surface area contributed by atoms with E-state index in [1.807, 2.05) is 24.4 Å². The van der Waals surface area contributed by atoms with Gasteiger partial charge in [-0.2, -0.15) is 0 Å². The summed E-state index contributed by atoms with van der Waals surface area (Å²) in [6.07, 6.45) is 5.10. The van der Waals surface area contributed by atoms with E-state index in [1.165, 1.54) is 24.1 Å². The Bertz CT molecular complexity index is 680. The Hall–Kier alpha value is -2.08. The van der Waals surface area contributed by atoms with Gasteiger partial charge in [0, 0.05) is 36.0 Å². The zero-order chi connectivity index (χ0) is 16.9. The first kappa shape index (κ1) is 16.8. The average Bonchev–Trinajstić information content (AvgIpc) is 3.26. The highest BCUT2D eigenvalue weighted by Crippen LogP contribution is 2.27. The number of carbonyl (C=O) groups is 1. The van der Waals surface area contributed by atoms with Crippen LogP contribution in [0.1, 0.15) is 42.8 Å². The molecule has 1 aliphatic heterocycles. The minimum atomic E-state index is -0.189. The summed E-state index contributed by atoms with van der Waals surface area (Å²) in [6.45, 7) is 6.39. The first-order valence-corrected chi connectivity index (χ1v) is 9.38. The fourth-order valence-corrected chi connectivity index (χ4v) is 3.89. The minimum absolute atomic E-state index is 0.0463. The smallest absolute Gasteiger partial charge is 0.319 e. The number of urea groups is 1. The molecular formula is C18H24N4OS. The summed E-state index contributed by atoms with van der Waals surface area (Å²) in [4.78, 5) is 19.0. The van der Waals surface area contributed by atoms with Gasteiger partial charge in [-0.1, -0.05) is 6.92 Å². The SMILES string of the molecule is CC[C@@H](NC(=O)Nc1ccc(N2CCCC2)c(C)c1)c1nccs1. The lowest BCUT2D eigenvalue weighted by Crippen LogP contribution is -2.32. The molecule has 128 valence electrons. The lowest BCUT2D eigenvalue weighted by atomic mass is 10.1. The van der Waals surface area contributed by atoms with Crippen LogP contribution in [0.5, 0.6) is 0 Å². The predicted molar refractivity (Wildman–Crippen MR) is 99.9 cm³/mol. The molecule has 1 aromatic heterocycles. The summed E-state index contributed by atoms with van der Waals surface area (Å²) < 4.78 is 0. The van der Waals surface area contributed by atoms with Gasteiger partial charge in [0.05, 0.1) is 6.04 Å². The van der Waals surface area contributed by atoms with Gasteiger partial charge in [-0.15, -0.1) is 11.3 Å². The summed E-state index contributed by atoms with van der Waals surface area (Å²) in [7, 11) is 0. The molecule has 5 nitrogen and oxygen atoms in total. The molecule has 0 spiro atoms. The molecule has 1 aliphatic rings. The van der Waals surface area contributed by atoms with Crippen LogP contribution in [0.4, 0.5) is 16.2 Å². The van der Waals surface area contributed by atoms with Crippen LogP contribution in [0, 0.1) is 6.92 Å². The second-order valence-electron chi connectivity index (χ2n) is 6.13. The molecule has 1 saturated heterocycles. The zero-order valence-electron chi connectivity index (χ0n) is 14.2. The van der Waals surface area contributed by atoms with Crippen LogP contribution < -0.4 is 15.5 Å². The minimum Gasteiger partial charge on any atom is -0.371 e. The predicted octanol–water partition coefficient (Wildman–Crippen LogP) is 4.32. The third-order valence-corrected chi connectivity index (χ3v) is 5.25. The number of aryl methyl sites for hydroxylation is 1. The Kier molecular flexibility index (Phi) is 5.35. The molecular weight excluding hydrogens is 320 g/mol. The number of rotatable bonds is 5. The Morgan fingerprint density at radius 2 is 2.17 bits per heavy atom. The van der Waals surface area contributed by atoms with Gasteiger partial charge in [0.2, 0.25) is 0 Å². The van der Waals surface area contributed by atoms with Crippen LogP contribution in [0.2, 0.25) is 0 Å². The lowest BCUT2D eigenvalue weighted by Gasteiger charge is -2.21. The van der Waals surface area contributed by atoms with Gasteiger partial charge >= 0.3 is 6.03 Å². The molecule has 3 rings (SSSR count). The molecule has 0 bridgehead atoms. The number of hydrogen-bond acceptors (Lipinski definition) is 4. The quantitative estimate of drug-likeness (QED) is 0.849. The van der Waals surface area contributed by atoms with Gasteiger partial charge in [0.25, 0.3) is 0 Å². The number of amides is 2. The maximum absolute atomic E-state index is 12.3. The highest BCUT2D eigenvalue weighted by atomic mass is 32.1. The highest BCUT2D eigenvalue weighted by molar-refractivity contribution is 7.09. The van der Waals surface area contributed by atoms with Gasteiger partial charge in [0.1, 0.15) is 5.01 Å². The van der Waals surface area contributed by atoms with Crippen molar-refractivity contribution < 1.29 is 4.79 Å². The van der Waals surface area contributed by atoms with Crippen molar-refractivity contribution >= 4 is 28.7 Å². The fraction of sp³-hybridized carbons (Fsp3) is 0.444. The maximum atomic E-state index is 12.3. The molecule has 2 N–H and O–H groups in total. The molecule has 2 aromatic rings. The first-order chi connectivity index (χ1) is 11.7. The van der Waals surface area contributed by atoms with Crippen molar-refractivity contribution in [2.75, 3.05) is 23.3 Å². The second kappa shape index (κ2) is 7.66. The van der Waals surface area contributed by atoms with Crippen LogP contribution in [0.15, 0.2) is 29.8 Å². The number of carbonyl (C=O) groups excluding carboxylic acids is 1. The van der Waals surface area contributed by atoms with Gasteiger partial charge in [-0.05, 0) is 49.9 Å². The molecule has 24 heavy (non-hydrogen) atoms. The van der Waals surface area contributed by atoms with Crippen molar-refractivity contribution in [2.24, 2.45) is 0 Å². The average molecular weight is 344 g/mol.